The molecule has 0 N–H and O–H groups in total. The summed E-state index contributed by atoms with van der Waals surface area (Å²) in [6.45, 7) is 4.10. The minimum absolute atomic E-state index is 0.0528. The van der Waals surface area contributed by atoms with E-state index in [9.17, 15) is 9.59 Å². The van der Waals surface area contributed by atoms with Crippen LogP contribution < -0.4 is 0 Å². The predicted octanol–water partition coefficient (Wildman–Crippen LogP) is 6.12. The number of aryl methyl sites for hydroxylation is 1. The van der Waals surface area contributed by atoms with E-state index in [1.54, 1.807) is 28.3 Å². The molecular weight excluding hydrogens is 548 g/mol. The van der Waals surface area contributed by atoms with Crippen LogP contribution in [0.4, 0.5) is 0 Å². The average Bonchev–Trinajstić information content (AvgIpc) is 3.44. The summed E-state index contributed by atoms with van der Waals surface area (Å²) in [6, 6.07) is 14.8. The third-order valence-electron chi connectivity index (χ3n) is 5.75. The number of aromatic nitrogens is 4. The van der Waals surface area contributed by atoms with Crippen molar-refractivity contribution in [1.82, 2.24) is 19.3 Å². The monoisotopic (exact) mass is 572 g/mol. The number of ether oxygens (including phenoxy) is 2. The second kappa shape index (κ2) is 11.3. The second-order valence-corrected chi connectivity index (χ2v) is 9.25. The smallest absolute Gasteiger partial charge is 0.359 e. The minimum Gasteiger partial charge on any atom is -0.464 e. The van der Waals surface area contributed by atoms with Crippen molar-refractivity contribution < 1.29 is 19.1 Å². The summed E-state index contributed by atoms with van der Waals surface area (Å²) in [4.78, 5) is 29.1. The summed E-state index contributed by atoms with van der Waals surface area (Å²) in [6.07, 6.45) is 2.42. The summed E-state index contributed by atoms with van der Waals surface area (Å²) in [5.41, 5.74) is 2.44. The van der Waals surface area contributed by atoms with Gasteiger partial charge < -0.3 is 9.47 Å². The topological polar surface area (TPSA) is 88.2 Å². The number of methoxy groups -OCH3 is 1. The maximum absolute atomic E-state index is 12.8. The fourth-order valence-corrected chi connectivity index (χ4v) is 5.37. The maximum atomic E-state index is 12.8. The Morgan fingerprint density at radius 2 is 1.81 bits per heavy atom. The first kappa shape index (κ1) is 25.9. The molecule has 1 atom stereocenters. The number of rotatable bonds is 9. The van der Waals surface area contributed by atoms with Gasteiger partial charge >= 0.3 is 11.9 Å². The normalized spacial score (nSPS) is 12.0. The van der Waals surface area contributed by atoms with Gasteiger partial charge in [-0.3, -0.25) is 4.57 Å². The van der Waals surface area contributed by atoms with Crippen molar-refractivity contribution in [3.63, 3.8) is 0 Å². The molecule has 0 aliphatic rings. The Bertz CT molecular complexity index is 1410. The number of benzene rings is 2. The lowest BCUT2D eigenvalue weighted by molar-refractivity contribution is 0.0525. The van der Waals surface area contributed by atoms with Crippen molar-refractivity contribution in [3.05, 3.63) is 76.5 Å². The van der Waals surface area contributed by atoms with Crippen LogP contribution in [0.3, 0.4) is 0 Å². The Balaban J connectivity index is 1.96. The highest BCUT2D eigenvalue weighted by molar-refractivity contribution is 9.09. The molecule has 4 rings (SSSR count). The Labute approximate surface area is 222 Å². The van der Waals surface area contributed by atoms with E-state index in [-0.39, 0.29) is 17.5 Å². The number of fused-ring (bicyclic) bond motifs is 1. The Hall–Kier alpha value is -3.17. The van der Waals surface area contributed by atoms with E-state index in [4.69, 9.17) is 26.2 Å². The molecule has 0 bridgehead atoms. The van der Waals surface area contributed by atoms with Gasteiger partial charge in [0.25, 0.3) is 0 Å². The molecule has 0 aliphatic heterocycles. The fraction of sp³-hybridized carbons (Fsp3) is 0.308. The summed E-state index contributed by atoms with van der Waals surface area (Å²) in [5, 5.41) is 5.83. The number of hydrogen-bond donors (Lipinski definition) is 0. The lowest BCUT2D eigenvalue weighted by atomic mass is 10.1. The highest BCUT2D eigenvalue weighted by atomic mass is 79.9. The Morgan fingerprint density at radius 3 is 2.53 bits per heavy atom. The van der Waals surface area contributed by atoms with Crippen LogP contribution in [0.5, 0.6) is 0 Å². The van der Waals surface area contributed by atoms with Crippen LogP contribution in [0, 0.1) is 0 Å². The van der Waals surface area contributed by atoms with E-state index in [0.29, 0.717) is 23.5 Å². The molecule has 0 saturated carbocycles. The summed E-state index contributed by atoms with van der Waals surface area (Å²) >= 11 is 10.6. The molecule has 10 heteroatoms. The molecule has 8 nitrogen and oxygen atoms in total. The Morgan fingerprint density at radius 1 is 1.08 bits per heavy atom. The van der Waals surface area contributed by atoms with Crippen molar-refractivity contribution in [2.75, 3.05) is 13.7 Å². The number of carbonyl (C=O) groups excluding carboxylic acids is 2. The zero-order chi connectivity index (χ0) is 25.8. The van der Waals surface area contributed by atoms with Gasteiger partial charge in [0.15, 0.2) is 5.69 Å². The van der Waals surface area contributed by atoms with E-state index in [2.05, 4.69) is 27.8 Å². The van der Waals surface area contributed by atoms with Crippen LogP contribution in [0.1, 0.15) is 64.0 Å². The van der Waals surface area contributed by atoms with Crippen molar-refractivity contribution in [3.8, 4) is 5.69 Å². The van der Waals surface area contributed by atoms with Gasteiger partial charge in [-0.2, -0.15) is 5.10 Å². The lowest BCUT2D eigenvalue weighted by Gasteiger charge is -2.19. The summed E-state index contributed by atoms with van der Waals surface area (Å²) in [5.74, 6) is -0.413. The van der Waals surface area contributed by atoms with Gasteiger partial charge in [-0.1, -0.05) is 71.2 Å². The molecule has 4 aromatic rings. The molecule has 0 spiro atoms. The molecular formula is C26H26BrClN4O4. The minimum atomic E-state index is -0.609. The van der Waals surface area contributed by atoms with Gasteiger partial charge in [0.05, 0.1) is 36.2 Å². The summed E-state index contributed by atoms with van der Waals surface area (Å²) in [7, 11) is 1.30. The first-order valence-electron chi connectivity index (χ1n) is 11.7. The van der Waals surface area contributed by atoms with E-state index >= 15 is 0 Å². The van der Waals surface area contributed by atoms with Crippen LogP contribution in [-0.4, -0.2) is 45.0 Å². The molecule has 2 aromatic carbocycles. The first-order chi connectivity index (χ1) is 17.4. The van der Waals surface area contributed by atoms with Crippen LogP contribution >= 0.6 is 27.5 Å². The second-order valence-electron chi connectivity index (χ2n) is 8.02. The zero-order valence-electron chi connectivity index (χ0n) is 20.2. The lowest BCUT2D eigenvalue weighted by Crippen LogP contribution is -2.16. The Kier molecular flexibility index (Phi) is 8.11. The third kappa shape index (κ3) is 4.77. The number of imidazole rings is 1. The van der Waals surface area contributed by atoms with E-state index in [1.165, 1.54) is 7.11 Å². The largest absolute Gasteiger partial charge is 0.464 e. The SMILES string of the molecule is CCCCc1nc(C(=O)OC)c(Cl)n1C(Br)c1c2ccccc2nn1-c1ccccc1C(=O)OCC. The van der Waals surface area contributed by atoms with Crippen LogP contribution in [-0.2, 0) is 15.9 Å². The van der Waals surface area contributed by atoms with Crippen LogP contribution in [0.2, 0.25) is 5.15 Å². The number of para-hydroxylation sites is 1. The van der Waals surface area contributed by atoms with Gasteiger partial charge in [0, 0.05) is 11.8 Å². The molecule has 2 aromatic heterocycles. The van der Waals surface area contributed by atoms with E-state index in [0.717, 1.165) is 29.4 Å². The molecule has 0 aliphatic carbocycles. The average molecular weight is 574 g/mol. The van der Waals surface area contributed by atoms with Gasteiger partial charge in [0.2, 0.25) is 0 Å². The van der Waals surface area contributed by atoms with Crippen molar-refractivity contribution in [2.24, 2.45) is 0 Å². The number of esters is 2. The van der Waals surface area contributed by atoms with E-state index < -0.39 is 16.9 Å². The molecule has 0 fully saturated rings. The third-order valence-corrected chi connectivity index (χ3v) is 6.96. The zero-order valence-corrected chi connectivity index (χ0v) is 22.5. The predicted molar refractivity (Wildman–Crippen MR) is 141 cm³/mol. The quantitative estimate of drug-likeness (QED) is 0.177. The first-order valence-corrected chi connectivity index (χ1v) is 12.9. The van der Waals surface area contributed by atoms with Gasteiger partial charge in [0.1, 0.15) is 15.9 Å². The molecule has 1 unspecified atom stereocenters. The fourth-order valence-electron chi connectivity index (χ4n) is 4.05. The van der Waals surface area contributed by atoms with Crippen LogP contribution in [0.25, 0.3) is 16.6 Å². The number of halogens is 2. The van der Waals surface area contributed by atoms with Crippen molar-refractivity contribution in [2.45, 2.75) is 38.1 Å². The number of nitrogens with zero attached hydrogens (tertiary/aromatic N) is 4. The standard InChI is InChI=1S/C26H26BrClN4O4/c1-4-6-15-20-29-21(26(34)35-3)24(28)31(20)23(27)22-16-11-7-9-13-18(16)30-32(22)19-14-10-8-12-17(19)25(33)36-5-2/h7-14,23H,4-6,15H2,1-3H3. The number of hydrogen-bond acceptors (Lipinski definition) is 6. The van der Waals surface area contributed by atoms with Crippen molar-refractivity contribution >= 4 is 50.4 Å². The van der Waals surface area contributed by atoms with Crippen molar-refractivity contribution in [1.29, 1.82) is 0 Å². The molecule has 0 radical (unpaired) electrons. The van der Waals surface area contributed by atoms with Gasteiger partial charge in [-0.25, -0.2) is 19.3 Å². The molecule has 36 heavy (non-hydrogen) atoms. The number of unbranched alkanes of at least 4 members (excludes halogenated alkanes) is 1. The van der Waals surface area contributed by atoms with Gasteiger partial charge in [-0.05, 0) is 31.5 Å². The highest BCUT2D eigenvalue weighted by Crippen LogP contribution is 2.38. The number of carbonyl (C=O) groups is 2. The molecule has 0 saturated heterocycles. The molecule has 188 valence electrons. The van der Waals surface area contributed by atoms with Gasteiger partial charge in [-0.15, -0.1) is 0 Å². The highest BCUT2D eigenvalue weighted by Gasteiger charge is 2.30. The molecule has 2 heterocycles. The van der Waals surface area contributed by atoms with Crippen LogP contribution in [0.15, 0.2) is 48.5 Å². The maximum Gasteiger partial charge on any atom is 0.359 e. The van der Waals surface area contributed by atoms with E-state index in [1.807, 2.05) is 36.4 Å². The summed E-state index contributed by atoms with van der Waals surface area (Å²) < 4.78 is 13.7. The number of alkyl halides is 1. The molecule has 0 amide bonds.